The normalized spacial score (nSPS) is 12.8. The average molecular weight is 1030 g/mol. The number of aliphatic hydroxyl groups is 2. The smallest absolute Gasteiger partial charge is 0.305 e. The van der Waals surface area contributed by atoms with Crippen molar-refractivity contribution in [3.05, 3.63) is 36.5 Å². The molecule has 0 saturated heterocycles. The molecule has 73 heavy (non-hydrogen) atoms. The molecule has 0 radical (unpaired) electrons. The Labute approximate surface area is 455 Å². The fourth-order valence-electron chi connectivity index (χ4n) is 10.1. The van der Waals surface area contributed by atoms with Crippen LogP contribution in [-0.4, -0.2) is 47.4 Å². The molecule has 0 bridgehead atoms. The fraction of sp³-hybridized carbons (Fsp3) is 0.881. The highest BCUT2D eigenvalue weighted by Gasteiger charge is 2.18. The van der Waals surface area contributed by atoms with Crippen LogP contribution in [0.4, 0.5) is 0 Å². The molecule has 0 fully saturated rings. The van der Waals surface area contributed by atoms with Gasteiger partial charge in [0.25, 0.3) is 0 Å². The van der Waals surface area contributed by atoms with Gasteiger partial charge in [-0.05, 0) is 64.2 Å². The molecule has 0 aromatic heterocycles. The number of allylic oxidation sites excluding steroid dienone is 5. The van der Waals surface area contributed by atoms with E-state index in [1.54, 1.807) is 6.08 Å². The van der Waals surface area contributed by atoms with Crippen molar-refractivity contribution in [2.75, 3.05) is 13.2 Å². The minimum Gasteiger partial charge on any atom is -0.466 e. The lowest BCUT2D eigenvalue weighted by Crippen LogP contribution is -2.45. The van der Waals surface area contributed by atoms with E-state index >= 15 is 0 Å². The van der Waals surface area contributed by atoms with Crippen molar-refractivity contribution in [3.63, 3.8) is 0 Å². The first-order chi connectivity index (χ1) is 36.0. The maximum absolute atomic E-state index is 12.5. The second-order valence-corrected chi connectivity index (χ2v) is 22.5. The SMILES string of the molecule is CCCCC/C=C\C/C=C\CCCCCCCC(=O)OCCCCCCCCCCCCCCCCCCCCCCCCCCC(=O)NC(CO)C(O)/C=C/CCCCCCCCCCCCCCCCC. The summed E-state index contributed by atoms with van der Waals surface area (Å²) in [6, 6.07) is -0.627. The van der Waals surface area contributed by atoms with Gasteiger partial charge in [-0.15, -0.1) is 0 Å². The summed E-state index contributed by atoms with van der Waals surface area (Å²) in [6.45, 7) is 4.89. The molecule has 6 heteroatoms. The molecule has 0 saturated carbocycles. The Morgan fingerprint density at radius 2 is 0.685 bits per heavy atom. The van der Waals surface area contributed by atoms with Gasteiger partial charge < -0.3 is 20.3 Å². The van der Waals surface area contributed by atoms with E-state index < -0.39 is 12.1 Å². The molecule has 0 aliphatic carbocycles. The van der Waals surface area contributed by atoms with Crippen LogP contribution in [0.2, 0.25) is 0 Å². The van der Waals surface area contributed by atoms with Crippen LogP contribution in [0.15, 0.2) is 36.5 Å². The zero-order chi connectivity index (χ0) is 52.9. The first-order valence-corrected chi connectivity index (χ1v) is 32.8. The van der Waals surface area contributed by atoms with Crippen molar-refractivity contribution >= 4 is 11.9 Å². The topological polar surface area (TPSA) is 95.9 Å². The maximum Gasteiger partial charge on any atom is 0.305 e. The third kappa shape index (κ3) is 59.2. The molecule has 2 atom stereocenters. The van der Waals surface area contributed by atoms with Crippen LogP contribution >= 0.6 is 0 Å². The van der Waals surface area contributed by atoms with E-state index in [1.807, 2.05) is 6.08 Å². The van der Waals surface area contributed by atoms with Gasteiger partial charge in [-0.1, -0.05) is 314 Å². The monoisotopic (exact) mass is 1030 g/mol. The number of ether oxygens (including phenoxy) is 1. The zero-order valence-electron chi connectivity index (χ0n) is 49.1. The molecular formula is C67H127NO5. The highest BCUT2D eigenvalue weighted by molar-refractivity contribution is 5.76. The van der Waals surface area contributed by atoms with Crippen molar-refractivity contribution < 1.29 is 24.5 Å². The molecule has 0 aromatic rings. The van der Waals surface area contributed by atoms with Gasteiger partial charge in [-0.25, -0.2) is 0 Å². The number of amides is 1. The van der Waals surface area contributed by atoms with Gasteiger partial charge in [0.1, 0.15) is 0 Å². The highest BCUT2D eigenvalue weighted by atomic mass is 16.5. The molecule has 0 aliphatic heterocycles. The first kappa shape index (κ1) is 71.1. The molecule has 3 N–H and O–H groups in total. The summed E-state index contributed by atoms with van der Waals surface area (Å²) in [7, 11) is 0. The number of hydrogen-bond acceptors (Lipinski definition) is 5. The quantitative estimate of drug-likeness (QED) is 0.0320. The van der Waals surface area contributed by atoms with Gasteiger partial charge in [0.15, 0.2) is 0 Å². The predicted molar refractivity (Wildman–Crippen MR) is 319 cm³/mol. The number of unbranched alkanes of at least 4 members (excludes halogenated alkanes) is 46. The number of rotatable bonds is 61. The summed E-state index contributed by atoms with van der Waals surface area (Å²) in [4.78, 5) is 24.5. The van der Waals surface area contributed by atoms with Crippen LogP contribution in [0, 0.1) is 0 Å². The van der Waals surface area contributed by atoms with E-state index in [-0.39, 0.29) is 18.5 Å². The fourth-order valence-corrected chi connectivity index (χ4v) is 10.1. The van der Waals surface area contributed by atoms with Crippen LogP contribution in [0.25, 0.3) is 0 Å². The van der Waals surface area contributed by atoms with Crippen molar-refractivity contribution in [1.29, 1.82) is 0 Å². The number of carbonyl (C=O) groups is 2. The van der Waals surface area contributed by atoms with Crippen LogP contribution in [-0.2, 0) is 14.3 Å². The van der Waals surface area contributed by atoms with Crippen molar-refractivity contribution in [2.24, 2.45) is 0 Å². The van der Waals surface area contributed by atoms with E-state index in [1.165, 1.54) is 276 Å². The van der Waals surface area contributed by atoms with E-state index in [0.717, 1.165) is 51.4 Å². The molecule has 0 rings (SSSR count). The zero-order valence-corrected chi connectivity index (χ0v) is 49.1. The largest absolute Gasteiger partial charge is 0.466 e. The number of aliphatic hydroxyl groups excluding tert-OH is 2. The van der Waals surface area contributed by atoms with Crippen molar-refractivity contribution in [3.8, 4) is 0 Å². The lowest BCUT2D eigenvalue weighted by Gasteiger charge is -2.20. The summed E-state index contributed by atoms with van der Waals surface area (Å²) >= 11 is 0. The lowest BCUT2D eigenvalue weighted by atomic mass is 10.0. The lowest BCUT2D eigenvalue weighted by molar-refractivity contribution is -0.143. The Bertz CT molecular complexity index is 1180. The average Bonchev–Trinajstić information content (AvgIpc) is 3.39. The molecule has 0 heterocycles. The number of hydrogen-bond donors (Lipinski definition) is 3. The van der Waals surface area contributed by atoms with Gasteiger partial charge >= 0.3 is 5.97 Å². The van der Waals surface area contributed by atoms with Crippen LogP contribution in [0.3, 0.4) is 0 Å². The van der Waals surface area contributed by atoms with E-state index in [2.05, 4.69) is 43.5 Å². The molecule has 0 spiro atoms. The Morgan fingerprint density at radius 3 is 1.07 bits per heavy atom. The third-order valence-electron chi connectivity index (χ3n) is 15.2. The van der Waals surface area contributed by atoms with Crippen molar-refractivity contribution in [2.45, 2.75) is 366 Å². The summed E-state index contributed by atoms with van der Waals surface area (Å²) in [5.41, 5.74) is 0. The van der Waals surface area contributed by atoms with Gasteiger partial charge in [-0.3, -0.25) is 9.59 Å². The minimum atomic E-state index is -0.844. The summed E-state index contributed by atoms with van der Waals surface area (Å²) in [5.74, 6) is -0.0636. The van der Waals surface area contributed by atoms with Gasteiger partial charge in [0.2, 0.25) is 5.91 Å². The minimum absolute atomic E-state index is 0.00114. The first-order valence-electron chi connectivity index (χ1n) is 32.8. The number of nitrogens with one attached hydrogen (secondary N) is 1. The van der Waals surface area contributed by atoms with Gasteiger partial charge in [-0.2, -0.15) is 0 Å². The molecule has 430 valence electrons. The second kappa shape index (κ2) is 62.6. The van der Waals surface area contributed by atoms with E-state index in [4.69, 9.17) is 4.74 Å². The number of esters is 1. The predicted octanol–water partition coefficient (Wildman–Crippen LogP) is 20.8. The molecular weight excluding hydrogens is 899 g/mol. The van der Waals surface area contributed by atoms with Gasteiger partial charge in [0, 0.05) is 12.8 Å². The summed E-state index contributed by atoms with van der Waals surface area (Å²) in [6.07, 6.45) is 79.1. The van der Waals surface area contributed by atoms with Gasteiger partial charge in [0.05, 0.1) is 25.4 Å². The van der Waals surface area contributed by atoms with E-state index in [9.17, 15) is 19.8 Å². The summed E-state index contributed by atoms with van der Waals surface area (Å²) < 4.78 is 5.48. The molecule has 1 amide bonds. The van der Waals surface area contributed by atoms with Crippen LogP contribution in [0.5, 0.6) is 0 Å². The van der Waals surface area contributed by atoms with Crippen LogP contribution < -0.4 is 5.32 Å². The standard InChI is InChI=1S/C67H127NO5/c1-3-5-7-9-11-13-15-17-19-28-32-35-39-43-47-51-55-59-65(70)64(63-69)68-66(71)60-56-52-48-44-40-36-33-29-26-24-22-20-21-23-25-27-30-34-38-42-46-50-54-58-62-73-67(72)61-57-53-49-45-41-37-31-18-16-14-12-10-8-6-4-2/h12,14,18,31,55,59,64-65,69-70H,3-11,13,15-17,19-30,32-54,56-58,60-63H2,1-2H3,(H,68,71)/b14-12-,31-18-,59-55+. The highest BCUT2D eigenvalue weighted by Crippen LogP contribution is 2.18. The number of carbonyl (C=O) groups excluding carboxylic acids is 2. The molecule has 0 aromatic carbocycles. The van der Waals surface area contributed by atoms with Crippen molar-refractivity contribution in [1.82, 2.24) is 5.32 Å². The second-order valence-electron chi connectivity index (χ2n) is 22.5. The van der Waals surface area contributed by atoms with E-state index in [0.29, 0.717) is 19.4 Å². The Morgan fingerprint density at radius 1 is 0.384 bits per heavy atom. The Balaban J connectivity index is 3.39. The molecule has 6 nitrogen and oxygen atoms in total. The molecule has 0 aliphatic rings. The Kier molecular flexibility index (Phi) is 61.0. The Hall–Kier alpha value is -1.92. The summed E-state index contributed by atoms with van der Waals surface area (Å²) in [5, 5.41) is 23.2. The third-order valence-corrected chi connectivity index (χ3v) is 15.2. The van der Waals surface area contributed by atoms with Crippen LogP contribution in [0.1, 0.15) is 354 Å². The maximum atomic E-state index is 12.5. The molecule has 2 unspecified atom stereocenters.